The fourth-order valence-electron chi connectivity index (χ4n) is 6.89. The molecule has 0 bridgehead atoms. The minimum absolute atomic E-state index is 0.274. The Labute approximate surface area is 229 Å². The Bertz CT molecular complexity index is 1100. The van der Waals surface area contributed by atoms with Crippen LogP contribution in [0.4, 0.5) is 4.79 Å². The summed E-state index contributed by atoms with van der Waals surface area (Å²) in [5.41, 5.74) is 3.19. The molecule has 0 spiro atoms. The number of carbonyl (C=O) groups is 1. The molecular formula is C32H50N2O2Sn. The van der Waals surface area contributed by atoms with E-state index in [1.54, 1.807) is 4.57 Å². The summed E-state index contributed by atoms with van der Waals surface area (Å²) in [4.78, 5) is 15.8. The van der Waals surface area contributed by atoms with Gasteiger partial charge in [-0.25, -0.2) is 0 Å². The number of aromatic nitrogens is 1. The first-order valence-electron chi connectivity index (χ1n) is 14.9. The van der Waals surface area contributed by atoms with Crippen molar-refractivity contribution in [2.24, 2.45) is 0 Å². The van der Waals surface area contributed by atoms with Crippen molar-refractivity contribution < 1.29 is 9.53 Å². The molecule has 1 aliphatic heterocycles. The number of benzene rings is 1. The van der Waals surface area contributed by atoms with Crippen LogP contribution in [0.3, 0.4) is 0 Å². The van der Waals surface area contributed by atoms with Crippen LogP contribution >= 0.6 is 0 Å². The summed E-state index contributed by atoms with van der Waals surface area (Å²) < 4.78 is 14.0. The van der Waals surface area contributed by atoms with Gasteiger partial charge in [-0.3, -0.25) is 0 Å². The van der Waals surface area contributed by atoms with Crippen molar-refractivity contribution in [1.82, 2.24) is 9.47 Å². The Kier molecular flexibility index (Phi) is 9.21. The maximum atomic E-state index is 13.1. The van der Waals surface area contributed by atoms with Gasteiger partial charge in [-0.2, -0.15) is 0 Å². The zero-order chi connectivity index (χ0) is 26.8. The zero-order valence-electron chi connectivity index (χ0n) is 24.5. The molecule has 1 aromatic heterocycles. The summed E-state index contributed by atoms with van der Waals surface area (Å²) >= 11 is -2.51. The first kappa shape index (κ1) is 28.7. The zero-order valence-corrected chi connectivity index (χ0v) is 27.4. The molecule has 2 aliphatic rings. The first-order valence-corrected chi connectivity index (χ1v) is 22.4. The van der Waals surface area contributed by atoms with Gasteiger partial charge in [0.1, 0.15) is 0 Å². The van der Waals surface area contributed by atoms with Crippen LogP contribution in [0.1, 0.15) is 97.1 Å². The number of likely N-dealkylation sites (N-methyl/N-ethyl adjacent to an activating group) is 1. The van der Waals surface area contributed by atoms with Gasteiger partial charge < -0.3 is 0 Å². The quantitative estimate of drug-likeness (QED) is 0.252. The molecule has 0 saturated heterocycles. The Morgan fingerprint density at radius 2 is 1.65 bits per heavy atom. The third kappa shape index (κ3) is 6.00. The fourth-order valence-corrected chi connectivity index (χ4v) is 23.8. The number of hydrogen-bond donors (Lipinski definition) is 0. The molecule has 0 unspecified atom stereocenters. The van der Waals surface area contributed by atoms with Gasteiger partial charge in [0.05, 0.1) is 0 Å². The molecule has 37 heavy (non-hydrogen) atoms. The second-order valence-electron chi connectivity index (χ2n) is 12.7. The molecule has 0 N–H and O–H groups in total. The van der Waals surface area contributed by atoms with Crippen molar-refractivity contribution in [2.45, 2.75) is 117 Å². The molecule has 5 heteroatoms. The molecule has 4 rings (SSSR count). The molecular weight excluding hydrogens is 563 g/mol. The number of fused-ring (bicyclic) bond motifs is 2. The van der Waals surface area contributed by atoms with Crippen LogP contribution in [0.15, 0.2) is 34.1 Å². The fraction of sp³-hybridized carbons (Fsp3) is 0.656. The Morgan fingerprint density at radius 3 is 2.22 bits per heavy atom. The molecule has 0 fully saturated rings. The molecule has 0 saturated carbocycles. The van der Waals surface area contributed by atoms with E-state index in [-0.39, 0.29) is 6.09 Å². The third-order valence-corrected chi connectivity index (χ3v) is 24.8. The predicted octanol–water partition coefficient (Wildman–Crippen LogP) is 8.69. The maximum absolute atomic E-state index is 13.1. The van der Waals surface area contributed by atoms with Gasteiger partial charge >= 0.3 is 231 Å². The molecule has 2 atom stereocenters. The van der Waals surface area contributed by atoms with Gasteiger partial charge in [-0.15, -0.1) is 0 Å². The van der Waals surface area contributed by atoms with E-state index in [1.165, 1.54) is 68.3 Å². The monoisotopic (exact) mass is 614 g/mol. The molecule has 2 heterocycles. The average Bonchev–Trinajstić information content (AvgIpc) is 3.23. The van der Waals surface area contributed by atoms with Gasteiger partial charge in [-0.1, -0.05) is 0 Å². The van der Waals surface area contributed by atoms with E-state index in [9.17, 15) is 4.79 Å². The Hall–Kier alpha value is -1.27. The Morgan fingerprint density at radius 1 is 1.03 bits per heavy atom. The van der Waals surface area contributed by atoms with E-state index in [0.717, 1.165) is 18.5 Å². The summed E-state index contributed by atoms with van der Waals surface area (Å²) in [6.45, 7) is 14.1. The Balaban J connectivity index is 1.79. The van der Waals surface area contributed by atoms with Crippen LogP contribution in [0.5, 0.6) is 0 Å². The van der Waals surface area contributed by atoms with E-state index in [0.29, 0.717) is 12.0 Å². The molecule has 1 aliphatic carbocycles. The van der Waals surface area contributed by atoms with Crippen molar-refractivity contribution >= 4 is 35.4 Å². The number of rotatable bonds is 10. The van der Waals surface area contributed by atoms with E-state index in [1.807, 2.05) is 24.4 Å². The molecule has 1 aromatic carbocycles. The molecule has 4 nitrogen and oxygen atoms in total. The number of nitrogens with zero attached hydrogens (tertiary/aromatic N) is 2. The van der Waals surface area contributed by atoms with Crippen molar-refractivity contribution in [3.63, 3.8) is 0 Å². The summed E-state index contributed by atoms with van der Waals surface area (Å²) in [5, 5.41) is 1.29. The van der Waals surface area contributed by atoms with Crippen LogP contribution in [-0.4, -0.2) is 59.2 Å². The van der Waals surface area contributed by atoms with Crippen molar-refractivity contribution in [1.29, 1.82) is 0 Å². The number of ether oxygens (including phenoxy) is 1. The minimum atomic E-state index is -2.51. The second kappa shape index (κ2) is 11.9. The van der Waals surface area contributed by atoms with Gasteiger partial charge in [0.25, 0.3) is 0 Å². The average molecular weight is 613 g/mol. The van der Waals surface area contributed by atoms with Crippen LogP contribution < -0.4 is 0 Å². The summed E-state index contributed by atoms with van der Waals surface area (Å²) in [7, 11) is 2.36. The predicted molar refractivity (Wildman–Crippen MR) is 159 cm³/mol. The normalized spacial score (nSPS) is 20.1. The number of carbonyl (C=O) groups excluding carboxylic acids is 1. The summed E-state index contributed by atoms with van der Waals surface area (Å²) in [5.74, 6) is 0.417. The van der Waals surface area contributed by atoms with Gasteiger partial charge in [0, 0.05) is 0 Å². The van der Waals surface area contributed by atoms with Crippen molar-refractivity contribution in [2.75, 3.05) is 13.6 Å². The summed E-state index contributed by atoms with van der Waals surface area (Å²) in [6.07, 6.45) is 13.7. The third-order valence-electron chi connectivity index (χ3n) is 8.81. The van der Waals surface area contributed by atoms with Crippen molar-refractivity contribution in [3.05, 3.63) is 45.2 Å². The standard InChI is InChI=1S/C20H23N2O2.3C4H9.Sn/c1-20(2,3)24-19(23)22-12-13-11-17-14(8-6-10-21(17)4)15-7-5-9-16(22)18(13)15;3*1-3-4-2;/h5,7-9,12,14,17H,10-11H2,1-4H3;3*1,3-4H2,2H3;/t14-,17-;;;;/m1..../s1. The molecule has 0 amide bonds. The van der Waals surface area contributed by atoms with Gasteiger partial charge in [-0.05, 0) is 0 Å². The number of hydrogen-bond acceptors (Lipinski definition) is 3. The van der Waals surface area contributed by atoms with Crippen molar-refractivity contribution in [3.8, 4) is 0 Å². The number of unbranched alkanes of at least 4 members (excludes halogenated alkanes) is 3. The van der Waals surface area contributed by atoms with Gasteiger partial charge in [0.15, 0.2) is 0 Å². The second-order valence-corrected chi connectivity index (χ2v) is 26.2. The molecule has 0 radical (unpaired) electrons. The van der Waals surface area contributed by atoms with E-state index in [4.69, 9.17) is 4.74 Å². The SMILES string of the molecule is CCC[CH2][Sn]([CH2]CCC)([CH2]CCC)[C]1=C[C@@H]2c3cccc4c3c(cn4C(=O)OC(C)(C)C)C[C@H]2N(C)C1. The van der Waals surface area contributed by atoms with E-state index in [2.05, 4.69) is 63.2 Å². The van der Waals surface area contributed by atoms with Gasteiger partial charge in [0.2, 0.25) is 0 Å². The molecule has 2 aromatic rings. The van der Waals surface area contributed by atoms with E-state index < -0.39 is 24.0 Å². The van der Waals surface area contributed by atoms with Crippen LogP contribution in [0.2, 0.25) is 13.3 Å². The van der Waals surface area contributed by atoms with E-state index >= 15 is 0 Å². The topological polar surface area (TPSA) is 34.5 Å². The summed E-state index contributed by atoms with van der Waals surface area (Å²) in [6, 6.07) is 7.03. The van der Waals surface area contributed by atoms with Crippen LogP contribution in [0.25, 0.3) is 10.9 Å². The molecule has 204 valence electrons. The van der Waals surface area contributed by atoms with Crippen LogP contribution in [0, 0.1) is 0 Å². The van der Waals surface area contributed by atoms with Crippen LogP contribution in [-0.2, 0) is 11.2 Å². The first-order chi connectivity index (χ1) is 17.6.